The van der Waals surface area contributed by atoms with E-state index in [4.69, 9.17) is 10.3 Å². The summed E-state index contributed by atoms with van der Waals surface area (Å²) in [7, 11) is -4.13. The maximum absolute atomic E-state index is 11.0. The van der Waals surface area contributed by atoms with E-state index in [1.165, 1.54) is 6.07 Å². The molecule has 1 aromatic rings. The van der Waals surface area contributed by atoms with Crippen LogP contribution in [0.2, 0.25) is 0 Å². The van der Waals surface area contributed by atoms with E-state index in [0.29, 0.717) is 18.5 Å². The molecule has 0 radical (unpaired) electrons. The van der Waals surface area contributed by atoms with Crippen LogP contribution >= 0.6 is 0 Å². The zero-order valence-electron chi connectivity index (χ0n) is 7.90. The average molecular weight is 215 g/mol. The van der Waals surface area contributed by atoms with Gasteiger partial charge in [-0.2, -0.15) is 8.42 Å². The molecule has 0 aliphatic carbocycles. The summed E-state index contributed by atoms with van der Waals surface area (Å²) < 4.78 is 30.8. The fourth-order valence-electron chi connectivity index (χ4n) is 1.31. The lowest BCUT2D eigenvalue weighted by Gasteiger charge is -2.06. The van der Waals surface area contributed by atoms with Crippen LogP contribution in [0.1, 0.15) is 11.1 Å². The maximum Gasteiger partial charge on any atom is 0.294 e. The molecule has 5 heteroatoms. The van der Waals surface area contributed by atoms with E-state index in [1.807, 2.05) is 6.92 Å². The third-order valence-electron chi connectivity index (χ3n) is 1.91. The molecule has 0 spiro atoms. The van der Waals surface area contributed by atoms with Gasteiger partial charge in [0.1, 0.15) is 0 Å². The predicted octanol–water partition coefficient (Wildman–Crippen LogP) is 0.743. The highest BCUT2D eigenvalue weighted by Crippen LogP contribution is 2.17. The first kappa shape index (κ1) is 11.2. The number of rotatable bonds is 3. The minimum absolute atomic E-state index is 0.0476. The van der Waals surface area contributed by atoms with Gasteiger partial charge in [0, 0.05) is 0 Å². The van der Waals surface area contributed by atoms with Crippen molar-refractivity contribution in [2.45, 2.75) is 18.2 Å². The van der Waals surface area contributed by atoms with E-state index in [2.05, 4.69) is 0 Å². The van der Waals surface area contributed by atoms with Crippen LogP contribution in [0.15, 0.2) is 23.1 Å². The molecule has 0 fully saturated rings. The number of hydrogen-bond acceptors (Lipinski definition) is 3. The van der Waals surface area contributed by atoms with Gasteiger partial charge in [-0.15, -0.1) is 0 Å². The van der Waals surface area contributed by atoms with Gasteiger partial charge in [0.25, 0.3) is 10.1 Å². The lowest BCUT2D eigenvalue weighted by Crippen LogP contribution is -2.09. The van der Waals surface area contributed by atoms with Crippen LogP contribution in [0.4, 0.5) is 0 Å². The molecule has 0 amide bonds. The predicted molar refractivity (Wildman–Crippen MR) is 53.8 cm³/mol. The molecule has 3 N–H and O–H groups in total. The molecule has 0 aliphatic heterocycles. The van der Waals surface area contributed by atoms with Gasteiger partial charge in [-0.3, -0.25) is 4.55 Å². The Hall–Kier alpha value is -0.910. The van der Waals surface area contributed by atoms with Gasteiger partial charge < -0.3 is 5.73 Å². The molecular weight excluding hydrogens is 202 g/mol. The van der Waals surface area contributed by atoms with Crippen LogP contribution in [0.5, 0.6) is 0 Å². The lowest BCUT2D eigenvalue weighted by atomic mass is 10.1. The third kappa shape index (κ3) is 2.54. The van der Waals surface area contributed by atoms with Gasteiger partial charge in [-0.05, 0) is 31.5 Å². The molecule has 1 aromatic carbocycles. The quantitative estimate of drug-likeness (QED) is 0.729. The summed E-state index contributed by atoms with van der Waals surface area (Å²) in [6, 6.07) is 4.76. The van der Waals surface area contributed by atoms with Crippen LogP contribution in [0, 0.1) is 6.92 Å². The summed E-state index contributed by atoms with van der Waals surface area (Å²) in [4.78, 5) is -0.0476. The van der Waals surface area contributed by atoms with Gasteiger partial charge in [0.15, 0.2) is 0 Å². The van der Waals surface area contributed by atoms with Crippen molar-refractivity contribution in [2.75, 3.05) is 6.54 Å². The monoisotopic (exact) mass is 215 g/mol. The molecule has 0 heterocycles. The summed E-state index contributed by atoms with van der Waals surface area (Å²) >= 11 is 0. The molecular formula is C9H13NO3S. The summed E-state index contributed by atoms with van der Waals surface area (Å²) in [5, 5.41) is 0. The largest absolute Gasteiger partial charge is 0.330 e. The van der Waals surface area contributed by atoms with Crippen molar-refractivity contribution < 1.29 is 13.0 Å². The number of benzene rings is 1. The SMILES string of the molecule is Cc1ccc(S(=O)(=O)O)c(CCN)c1. The third-order valence-corrected chi connectivity index (χ3v) is 2.86. The van der Waals surface area contributed by atoms with Gasteiger partial charge in [-0.25, -0.2) is 0 Å². The summed E-state index contributed by atoms with van der Waals surface area (Å²) in [6.07, 6.45) is 0.441. The summed E-state index contributed by atoms with van der Waals surface area (Å²) in [6.45, 7) is 2.21. The van der Waals surface area contributed by atoms with Crippen molar-refractivity contribution in [3.63, 3.8) is 0 Å². The number of hydrogen-bond donors (Lipinski definition) is 2. The molecule has 0 aromatic heterocycles. The van der Waals surface area contributed by atoms with Gasteiger partial charge in [0.2, 0.25) is 0 Å². The second-order valence-corrected chi connectivity index (χ2v) is 4.51. The average Bonchev–Trinajstić information content (AvgIpc) is 2.02. The van der Waals surface area contributed by atoms with Gasteiger partial charge in [0.05, 0.1) is 4.90 Å². The Labute approximate surface area is 83.5 Å². The smallest absolute Gasteiger partial charge is 0.294 e. The number of nitrogens with two attached hydrogens (primary N) is 1. The van der Waals surface area contributed by atoms with Crippen molar-refractivity contribution in [3.8, 4) is 0 Å². The van der Waals surface area contributed by atoms with Crippen molar-refractivity contribution in [2.24, 2.45) is 5.73 Å². The highest BCUT2D eigenvalue weighted by molar-refractivity contribution is 7.85. The first-order valence-corrected chi connectivity index (χ1v) is 5.66. The molecule has 4 nitrogen and oxygen atoms in total. The highest BCUT2D eigenvalue weighted by atomic mass is 32.2. The van der Waals surface area contributed by atoms with E-state index in [0.717, 1.165) is 5.56 Å². The Morgan fingerprint density at radius 2 is 2.07 bits per heavy atom. The van der Waals surface area contributed by atoms with E-state index >= 15 is 0 Å². The summed E-state index contributed by atoms with van der Waals surface area (Å²) in [5.74, 6) is 0. The topological polar surface area (TPSA) is 80.4 Å². The first-order valence-electron chi connectivity index (χ1n) is 4.22. The van der Waals surface area contributed by atoms with Crippen molar-refractivity contribution in [1.29, 1.82) is 0 Å². The Kier molecular flexibility index (Phi) is 3.25. The van der Waals surface area contributed by atoms with Gasteiger partial charge >= 0.3 is 0 Å². The first-order chi connectivity index (χ1) is 6.45. The van der Waals surface area contributed by atoms with Crippen LogP contribution in [-0.2, 0) is 16.5 Å². The van der Waals surface area contributed by atoms with Gasteiger partial charge in [-0.1, -0.05) is 17.7 Å². The van der Waals surface area contributed by atoms with Crippen molar-refractivity contribution >= 4 is 10.1 Å². The van der Waals surface area contributed by atoms with Crippen molar-refractivity contribution in [3.05, 3.63) is 29.3 Å². The minimum atomic E-state index is -4.13. The second kappa shape index (κ2) is 4.08. The Morgan fingerprint density at radius 1 is 1.43 bits per heavy atom. The zero-order valence-corrected chi connectivity index (χ0v) is 8.71. The normalized spacial score (nSPS) is 11.6. The fraction of sp³-hybridized carbons (Fsp3) is 0.333. The molecule has 78 valence electrons. The highest BCUT2D eigenvalue weighted by Gasteiger charge is 2.14. The standard InChI is InChI=1S/C9H13NO3S/c1-7-2-3-9(14(11,12)13)8(6-7)4-5-10/h2-3,6H,4-5,10H2,1H3,(H,11,12,13). The molecule has 0 unspecified atom stereocenters. The van der Waals surface area contributed by atoms with Crippen LogP contribution in [0.25, 0.3) is 0 Å². The Balaban J connectivity index is 3.29. The molecule has 0 atom stereocenters. The Bertz CT molecular complexity index is 426. The Morgan fingerprint density at radius 3 is 2.57 bits per heavy atom. The van der Waals surface area contributed by atoms with E-state index < -0.39 is 10.1 Å². The molecule has 0 saturated carbocycles. The van der Waals surface area contributed by atoms with E-state index in [1.54, 1.807) is 12.1 Å². The molecule has 1 rings (SSSR count). The van der Waals surface area contributed by atoms with E-state index in [9.17, 15) is 8.42 Å². The molecule has 0 saturated heterocycles. The minimum Gasteiger partial charge on any atom is -0.330 e. The van der Waals surface area contributed by atoms with Crippen LogP contribution in [0.3, 0.4) is 0 Å². The molecule has 14 heavy (non-hydrogen) atoms. The fourth-order valence-corrected chi connectivity index (χ4v) is 2.04. The van der Waals surface area contributed by atoms with Crippen molar-refractivity contribution in [1.82, 2.24) is 0 Å². The second-order valence-electron chi connectivity index (χ2n) is 3.12. The number of aryl methyl sites for hydroxylation is 1. The lowest BCUT2D eigenvalue weighted by molar-refractivity contribution is 0.482. The molecule has 0 bridgehead atoms. The van der Waals surface area contributed by atoms with Crippen LogP contribution in [-0.4, -0.2) is 19.5 Å². The zero-order chi connectivity index (χ0) is 10.8. The van der Waals surface area contributed by atoms with Crippen LogP contribution < -0.4 is 5.73 Å². The maximum atomic E-state index is 11.0. The molecule has 0 aliphatic rings. The summed E-state index contributed by atoms with van der Waals surface area (Å²) in [5.41, 5.74) is 6.86. The van der Waals surface area contributed by atoms with E-state index in [-0.39, 0.29) is 4.90 Å².